The number of aromatic nitrogens is 8. The highest BCUT2D eigenvalue weighted by Gasteiger charge is 2.12. The first-order valence-corrected chi connectivity index (χ1v) is 7.16. The second kappa shape index (κ2) is 5.95. The summed E-state index contributed by atoms with van der Waals surface area (Å²) in [6.45, 7) is 0.260. The van der Waals surface area contributed by atoms with Crippen molar-refractivity contribution in [2.75, 3.05) is 0 Å². The van der Waals surface area contributed by atoms with Gasteiger partial charge in [0.2, 0.25) is 5.82 Å². The number of tetrazole rings is 2. The molecule has 0 saturated heterocycles. The molecule has 0 unspecified atom stereocenters. The molecule has 2 heterocycles. The number of hydrogen-bond donors (Lipinski definition) is 0. The molecule has 0 saturated carbocycles. The Balaban J connectivity index is 1.59. The van der Waals surface area contributed by atoms with Gasteiger partial charge in [0.25, 0.3) is 0 Å². The SMILES string of the molecule is Fc1ccc(-c2nnn(Cc3nnnn3-c3ccccc3)n2)cc1. The summed E-state index contributed by atoms with van der Waals surface area (Å²) in [5.41, 5.74) is 1.53. The molecule has 0 aliphatic carbocycles. The van der Waals surface area contributed by atoms with Crippen molar-refractivity contribution in [1.82, 2.24) is 40.4 Å². The van der Waals surface area contributed by atoms with Gasteiger partial charge < -0.3 is 0 Å². The van der Waals surface area contributed by atoms with Crippen molar-refractivity contribution in [3.05, 3.63) is 66.2 Å². The maximum absolute atomic E-state index is 13.0. The van der Waals surface area contributed by atoms with E-state index < -0.39 is 0 Å². The average Bonchev–Trinajstić information content (AvgIpc) is 3.26. The summed E-state index contributed by atoms with van der Waals surface area (Å²) in [6.07, 6.45) is 0. The van der Waals surface area contributed by atoms with E-state index in [0.717, 1.165) is 5.69 Å². The third-order valence-corrected chi connectivity index (χ3v) is 3.37. The molecule has 0 radical (unpaired) electrons. The molecule has 2 aromatic heterocycles. The fourth-order valence-corrected chi connectivity index (χ4v) is 2.23. The summed E-state index contributed by atoms with van der Waals surface area (Å²) in [6, 6.07) is 15.4. The lowest BCUT2D eigenvalue weighted by Crippen LogP contribution is -2.11. The fourth-order valence-electron chi connectivity index (χ4n) is 2.23. The first-order valence-electron chi connectivity index (χ1n) is 7.16. The largest absolute Gasteiger partial charge is 0.207 e. The monoisotopic (exact) mass is 322 g/mol. The van der Waals surface area contributed by atoms with Crippen LogP contribution in [0.5, 0.6) is 0 Å². The molecule has 2 aromatic carbocycles. The molecule has 0 amide bonds. The zero-order valence-electron chi connectivity index (χ0n) is 12.4. The number of halogens is 1. The molecular formula is C15H11FN8. The van der Waals surface area contributed by atoms with E-state index in [1.165, 1.54) is 16.9 Å². The first-order chi connectivity index (χ1) is 11.8. The van der Waals surface area contributed by atoms with Crippen molar-refractivity contribution in [2.45, 2.75) is 6.54 Å². The van der Waals surface area contributed by atoms with Crippen LogP contribution in [-0.4, -0.2) is 40.4 Å². The summed E-state index contributed by atoms with van der Waals surface area (Å²) in [5, 5.41) is 23.9. The third-order valence-electron chi connectivity index (χ3n) is 3.37. The topological polar surface area (TPSA) is 87.2 Å². The van der Waals surface area contributed by atoms with E-state index in [1.807, 2.05) is 30.3 Å². The van der Waals surface area contributed by atoms with Gasteiger partial charge in [0.05, 0.1) is 5.69 Å². The smallest absolute Gasteiger partial charge is 0.204 e. The molecule has 24 heavy (non-hydrogen) atoms. The van der Waals surface area contributed by atoms with Crippen LogP contribution in [0.15, 0.2) is 54.6 Å². The maximum atomic E-state index is 13.0. The van der Waals surface area contributed by atoms with Gasteiger partial charge >= 0.3 is 0 Å². The molecule has 4 rings (SSSR count). The molecule has 0 spiro atoms. The normalized spacial score (nSPS) is 10.9. The van der Waals surface area contributed by atoms with Crippen molar-refractivity contribution in [1.29, 1.82) is 0 Å². The Morgan fingerprint density at radius 2 is 1.67 bits per heavy atom. The number of para-hydroxylation sites is 1. The van der Waals surface area contributed by atoms with Crippen molar-refractivity contribution in [3.8, 4) is 17.1 Å². The predicted molar refractivity (Wildman–Crippen MR) is 81.5 cm³/mol. The molecule has 0 aliphatic rings. The molecule has 4 aromatic rings. The van der Waals surface area contributed by atoms with Gasteiger partial charge in [-0.15, -0.1) is 15.3 Å². The second-order valence-electron chi connectivity index (χ2n) is 4.99. The molecular weight excluding hydrogens is 311 g/mol. The van der Waals surface area contributed by atoms with Gasteiger partial charge in [0.1, 0.15) is 12.4 Å². The molecule has 0 bridgehead atoms. The lowest BCUT2D eigenvalue weighted by Gasteiger charge is -2.02. The van der Waals surface area contributed by atoms with Gasteiger partial charge in [-0.2, -0.15) is 9.48 Å². The Bertz CT molecular complexity index is 945. The highest BCUT2D eigenvalue weighted by molar-refractivity contribution is 5.53. The van der Waals surface area contributed by atoms with Crippen molar-refractivity contribution in [3.63, 3.8) is 0 Å². The van der Waals surface area contributed by atoms with Crippen LogP contribution >= 0.6 is 0 Å². The maximum Gasteiger partial charge on any atom is 0.204 e. The summed E-state index contributed by atoms with van der Waals surface area (Å²) in [7, 11) is 0. The van der Waals surface area contributed by atoms with Gasteiger partial charge in [-0.05, 0) is 52.0 Å². The van der Waals surface area contributed by atoms with Crippen LogP contribution in [0.25, 0.3) is 17.1 Å². The molecule has 0 fully saturated rings. The van der Waals surface area contributed by atoms with Crippen molar-refractivity contribution in [2.24, 2.45) is 0 Å². The number of nitrogens with zero attached hydrogens (tertiary/aromatic N) is 8. The Labute approximate surface area is 135 Å². The van der Waals surface area contributed by atoms with Crippen LogP contribution in [0.3, 0.4) is 0 Å². The van der Waals surface area contributed by atoms with Crippen molar-refractivity contribution >= 4 is 0 Å². The predicted octanol–water partition coefficient (Wildman–Crippen LogP) is 1.50. The van der Waals surface area contributed by atoms with Gasteiger partial charge in [0.15, 0.2) is 5.82 Å². The first kappa shape index (κ1) is 14.1. The number of hydrogen-bond acceptors (Lipinski definition) is 6. The number of rotatable bonds is 4. The van der Waals surface area contributed by atoms with E-state index in [1.54, 1.807) is 16.8 Å². The summed E-state index contributed by atoms with van der Waals surface area (Å²) in [5.74, 6) is 0.672. The Kier molecular flexibility index (Phi) is 3.50. The Morgan fingerprint density at radius 3 is 2.46 bits per heavy atom. The van der Waals surface area contributed by atoms with Gasteiger partial charge in [0, 0.05) is 5.56 Å². The van der Waals surface area contributed by atoms with Crippen LogP contribution in [0.2, 0.25) is 0 Å². The van der Waals surface area contributed by atoms with Gasteiger partial charge in [-0.3, -0.25) is 0 Å². The molecule has 9 heteroatoms. The minimum absolute atomic E-state index is 0.260. The average molecular weight is 322 g/mol. The van der Waals surface area contributed by atoms with Crippen LogP contribution < -0.4 is 0 Å². The molecule has 8 nitrogen and oxygen atoms in total. The van der Waals surface area contributed by atoms with Crippen LogP contribution in [0.4, 0.5) is 4.39 Å². The van der Waals surface area contributed by atoms with Crippen LogP contribution in [0.1, 0.15) is 5.82 Å². The molecule has 118 valence electrons. The van der Waals surface area contributed by atoms with E-state index >= 15 is 0 Å². The molecule has 0 N–H and O–H groups in total. The third kappa shape index (κ3) is 2.74. The van der Waals surface area contributed by atoms with E-state index in [2.05, 4.69) is 30.9 Å². The quantitative estimate of drug-likeness (QED) is 0.566. The fraction of sp³-hybridized carbons (Fsp3) is 0.0667. The second-order valence-corrected chi connectivity index (χ2v) is 4.99. The zero-order valence-corrected chi connectivity index (χ0v) is 12.4. The summed E-state index contributed by atoms with van der Waals surface area (Å²) >= 11 is 0. The minimum atomic E-state index is -0.312. The molecule has 0 atom stereocenters. The van der Waals surface area contributed by atoms with E-state index in [-0.39, 0.29) is 12.4 Å². The Hall–Kier alpha value is -3.49. The van der Waals surface area contributed by atoms with E-state index in [9.17, 15) is 4.39 Å². The standard InChI is InChI=1S/C15H11FN8/c16-12-8-6-11(7-9-12)15-18-21-23(19-15)10-14-17-20-22-24(14)13-4-2-1-3-5-13/h1-9H,10H2. The summed E-state index contributed by atoms with van der Waals surface area (Å²) < 4.78 is 14.6. The van der Waals surface area contributed by atoms with Crippen LogP contribution in [0, 0.1) is 5.82 Å². The lowest BCUT2D eigenvalue weighted by atomic mass is 10.2. The highest BCUT2D eigenvalue weighted by atomic mass is 19.1. The van der Waals surface area contributed by atoms with E-state index in [4.69, 9.17) is 0 Å². The zero-order chi connectivity index (χ0) is 16.4. The highest BCUT2D eigenvalue weighted by Crippen LogP contribution is 2.14. The summed E-state index contributed by atoms with van der Waals surface area (Å²) in [4.78, 5) is 1.39. The molecule has 0 aliphatic heterocycles. The van der Waals surface area contributed by atoms with Gasteiger partial charge in [-0.25, -0.2) is 4.39 Å². The van der Waals surface area contributed by atoms with Gasteiger partial charge in [-0.1, -0.05) is 18.2 Å². The minimum Gasteiger partial charge on any atom is -0.207 e. The van der Waals surface area contributed by atoms with Crippen molar-refractivity contribution < 1.29 is 4.39 Å². The lowest BCUT2D eigenvalue weighted by molar-refractivity contribution is 0.545. The number of benzene rings is 2. The Morgan fingerprint density at radius 1 is 0.875 bits per heavy atom. The van der Waals surface area contributed by atoms with E-state index in [0.29, 0.717) is 17.2 Å². The van der Waals surface area contributed by atoms with Crippen LogP contribution in [-0.2, 0) is 6.54 Å².